The van der Waals surface area contributed by atoms with Gasteiger partial charge in [0.05, 0.1) is 11.1 Å². The zero-order valence-electron chi connectivity index (χ0n) is 11.3. The van der Waals surface area contributed by atoms with Gasteiger partial charge in [-0.3, -0.25) is 4.79 Å². The molecule has 0 saturated heterocycles. The highest BCUT2D eigenvalue weighted by Crippen LogP contribution is 2.34. The first kappa shape index (κ1) is 13.2. The van der Waals surface area contributed by atoms with Crippen LogP contribution < -0.4 is 5.73 Å². The highest BCUT2D eigenvalue weighted by molar-refractivity contribution is 9.10. The largest absolute Gasteiger partial charge is 0.366 e. The molecule has 20 heavy (non-hydrogen) atoms. The highest BCUT2D eigenvalue weighted by atomic mass is 79.9. The number of rotatable bonds is 2. The van der Waals surface area contributed by atoms with Crippen LogP contribution in [0.2, 0.25) is 0 Å². The molecule has 0 bridgehead atoms. The quantitative estimate of drug-likeness (QED) is 0.722. The van der Waals surface area contributed by atoms with Gasteiger partial charge < -0.3 is 10.7 Å². The summed E-state index contributed by atoms with van der Waals surface area (Å²) in [5.41, 5.74) is 9.06. The summed E-state index contributed by atoms with van der Waals surface area (Å²) in [6.07, 6.45) is 0. The van der Waals surface area contributed by atoms with Crippen LogP contribution in [0.15, 0.2) is 34.8 Å². The number of hydrogen-bond acceptors (Lipinski definition) is 1. The molecular weight excluding hydrogens is 316 g/mol. The molecule has 3 aromatic rings. The molecule has 3 N–H and O–H groups in total. The Morgan fingerprint density at radius 2 is 2.00 bits per heavy atom. The number of carbonyl (C=O) groups excluding carboxylic acids is 1. The minimum absolute atomic E-state index is 0.418. The number of amides is 1. The van der Waals surface area contributed by atoms with E-state index >= 15 is 0 Å². The lowest BCUT2D eigenvalue weighted by Gasteiger charge is -2.04. The van der Waals surface area contributed by atoms with Crippen LogP contribution in [0.3, 0.4) is 0 Å². The van der Waals surface area contributed by atoms with E-state index in [9.17, 15) is 4.79 Å². The molecule has 0 saturated carbocycles. The SMILES string of the molecule is CC(C)c1ccc2c(c1)[nH]c1c(C(N)=O)ccc(Br)c12. The molecule has 2 aromatic carbocycles. The van der Waals surface area contributed by atoms with Crippen LogP contribution in [-0.4, -0.2) is 10.9 Å². The number of fused-ring (bicyclic) bond motifs is 3. The van der Waals surface area contributed by atoms with Crippen molar-refractivity contribution in [1.29, 1.82) is 0 Å². The van der Waals surface area contributed by atoms with Gasteiger partial charge in [-0.25, -0.2) is 0 Å². The molecule has 0 atom stereocenters. The smallest absolute Gasteiger partial charge is 0.250 e. The molecule has 0 aliphatic carbocycles. The number of carbonyl (C=O) groups is 1. The fourth-order valence-electron chi connectivity index (χ4n) is 2.55. The summed E-state index contributed by atoms with van der Waals surface area (Å²) in [5.74, 6) is 0.0444. The molecule has 0 unspecified atom stereocenters. The zero-order chi connectivity index (χ0) is 14.4. The number of aromatic amines is 1. The Hall–Kier alpha value is -1.81. The first-order valence-corrected chi connectivity index (χ1v) is 7.32. The number of nitrogens with two attached hydrogens (primary N) is 1. The van der Waals surface area contributed by atoms with Crippen molar-refractivity contribution in [3.63, 3.8) is 0 Å². The third-order valence-electron chi connectivity index (χ3n) is 3.66. The van der Waals surface area contributed by atoms with E-state index in [4.69, 9.17) is 5.73 Å². The lowest BCUT2D eigenvalue weighted by molar-refractivity contribution is 0.100. The predicted octanol–water partition coefficient (Wildman–Crippen LogP) is 4.31. The maximum atomic E-state index is 11.6. The van der Waals surface area contributed by atoms with Gasteiger partial charge in [-0.1, -0.05) is 41.9 Å². The summed E-state index contributed by atoms with van der Waals surface area (Å²) >= 11 is 3.56. The monoisotopic (exact) mass is 330 g/mol. The standard InChI is InChI=1S/C16H15BrN2O/c1-8(2)9-3-4-10-13(7-9)19-15-11(16(18)20)5-6-12(17)14(10)15/h3-8,19H,1-2H3,(H2,18,20). The van der Waals surface area contributed by atoms with E-state index < -0.39 is 5.91 Å². The minimum atomic E-state index is -0.418. The summed E-state index contributed by atoms with van der Waals surface area (Å²) in [5, 5.41) is 2.10. The summed E-state index contributed by atoms with van der Waals surface area (Å²) in [6.45, 7) is 4.32. The van der Waals surface area contributed by atoms with E-state index in [1.807, 2.05) is 6.07 Å². The van der Waals surface area contributed by atoms with Crippen LogP contribution >= 0.6 is 15.9 Å². The number of benzene rings is 2. The summed E-state index contributed by atoms with van der Waals surface area (Å²) in [6, 6.07) is 9.97. The van der Waals surface area contributed by atoms with Gasteiger partial charge in [-0.15, -0.1) is 0 Å². The molecule has 0 aliphatic rings. The lowest BCUT2D eigenvalue weighted by atomic mass is 10.0. The summed E-state index contributed by atoms with van der Waals surface area (Å²) in [7, 11) is 0. The average molecular weight is 331 g/mol. The van der Waals surface area contributed by atoms with Crippen LogP contribution in [-0.2, 0) is 0 Å². The van der Waals surface area contributed by atoms with Gasteiger partial charge in [0.1, 0.15) is 0 Å². The Balaban J connectivity index is 2.43. The third kappa shape index (κ3) is 1.91. The van der Waals surface area contributed by atoms with Gasteiger partial charge in [0.15, 0.2) is 0 Å². The number of halogens is 1. The van der Waals surface area contributed by atoms with Gasteiger partial charge in [0.2, 0.25) is 0 Å². The van der Waals surface area contributed by atoms with Crippen LogP contribution in [0.4, 0.5) is 0 Å². The van der Waals surface area contributed by atoms with Crippen LogP contribution in [0, 0.1) is 0 Å². The average Bonchev–Trinajstić information content (AvgIpc) is 2.77. The van der Waals surface area contributed by atoms with Crippen molar-refractivity contribution in [2.24, 2.45) is 5.73 Å². The molecule has 0 aliphatic heterocycles. The zero-order valence-corrected chi connectivity index (χ0v) is 12.9. The molecule has 0 fully saturated rings. The molecule has 102 valence electrons. The van der Waals surface area contributed by atoms with E-state index in [2.05, 4.69) is 53.0 Å². The van der Waals surface area contributed by atoms with E-state index in [0.717, 1.165) is 26.3 Å². The molecule has 1 aromatic heterocycles. The second kappa shape index (κ2) is 4.63. The Morgan fingerprint density at radius 3 is 2.65 bits per heavy atom. The van der Waals surface area contributed by atoms with Crippen LogP contribution in [0.1, 0.15) is 35.7 Å². The maximum absolute atomic E-state index is 11.6. The summed E-state index contributed by atoms with van der Waals surface area (Å²) in [4.78, 5) is 14.9. The van der Waals surface area contributed by atoms with Crippen molar-refractivity contribution in [3.8, 4) is 0 Å². The topological polar surface area (TPSA) is 58.9 Å². The predicted molar refractivity (Wildman–Crippen MR) is 86.1 cm³/mol. The molecule has 3 nitrogen and oxygen atoms in total. The Bertz CT molecular complexity index is 833. The molecule has 0 spiro atoms. The van der Waals surface area contributed by atoms with E-state index in [0.29, 0.717) is 11.5 Å². The van der Waals surface area contributed by atoms with Gasteiger partial charge in [0.25, 0.3) is 5.91 Å². The normalized spacial score (nSPS) is 11.6. The van der Waals surface area contributed by atoms with Gasteiger partial charge >= 0.3 is 0 Å². The molecule has 3 rings (SSSR count). The first-order chi connectivity index (χ1) is 9.49. The maximum Gasteiger partial charge on any atom is 0.250 e. The highest BCUT2D eigenvalue weighted by Gasteiger charge is 2.14. The molecule has 1 amide bonds. The molecule has 0 radical (unpaired) electrons. The van der Waals surface area contributed by atoms with Gasteiger partial charge in [-0.05, 0) is 29.7 Å². The number of nitrogens with one attached hydrogen (secondary N) is 1. The first-order valence-electron chi connectivity index (χ1n) is 6.52. The van der Waals surface area contributed by atoms with E-state index in [-0.39, 0.29) is 0 Å². The fourth-order valence-corrected chi connectivity index (χ4v) is 3.10. The number of aromatic nitrogens is 1. The number of H-pyrrole nitrogens is 1. The van der Waals surface area contributed by atoms with Crippen molar-refractivity contribution in [3.05, 3.63) is 45.9 Å². The van der Waals surface area contributed by atoms with E-state index in [1.54, 1.807) is 6.07 Å². The Morgan fingerprint density at radius 1 is 1.25 bits per heavy atom. The molecular formula is C16H15BrN2O. The third-order valence-corrected chi connectivity index (χ3v) is 4.32. The minimum Gasteiger partial charge on any atom is -0.366 e. The molecule has 4 heteroatoms. The lowest BCUT2D eigenvalue weighted by Crippen LogP contribution is -2.11. The number of primary amides is 1. The van der Waals surface area contributed by atoms with Gasteiger partial charge in [0, 0.05) is 20.8 Å². The second-order valence-corrected chi connectivity index (χ2v) is 6.15. The molecule has 1 heterocycles. The van der Waals surface area contributed by atoms with Crippen LogP contribution in [0.25, 0.3) is 21.8 Å². The van der Waals surface area contributed by atoms with Crippen molar-refractivity contribution in [2.75, 3.05) is 0 Å². The van der Waals surface area contributed by atoms with Crippen LogP contribution in [0.5, 0.6) is 0 Å². The summed E-state index contributed by atoms with van der Waals surface area (Å²) < 4.78 is 0.959. The van der Waals surface area contributed by atoms with Gasteiger partial charge in [-0.2, -0.15) is 0 Å². The number of hydrogen-bond donors (Lipinski definition) is 2. The Labute approximate surface area is 125 Å². The van der Waals surface area contributed by atoms with E-state index in [1.165, 1.54) is 5.56 Å². The Kier molecular flexibility index (Phi) is 3.05. The van der Waals surface area contributed by atoms with Crippen molar-refractivity contribution in [1.82, 2.24) is 4.98 Å². The fraction of sp³-hybridized carbons (Fsp3) is 0.188. The van der Waals surface area contributed by atoms with Crippen molar-refractivity contribution < 1.29 is 4.79 Å². The van der Waals surface area contributed by atoms with Crippen molar-refractivity contribution >= 4 is 43.6 Å². The second-order valence-electron chi connectivity index (χ2n) is 5.29. The van der Waals surface area contributed by atoms with Crippen molar-refractivity contribution in [2.45, 2.75) is 19.8 Å².